The smallest absolute Gasteiger partial charge is 0.151 e. The van der Waals surface area contributed by atoms with Crippen LogP contribution in [0.5, 0.6) is 0 Å². The minimum Gasteiger partial charge on any atom is -0.377 e. The van der Waals surface area contributed by atoms with Crippen LogP contribution in [-0.2, 0) is 14.6 Å². The lowest BCUT2D eigenvalue weighted by molar-refractivity contribution is -0.132. The second-order valence-corrected chi connectivity index (χ2v) is 9.33. The normalized spacial score (nSPS) is 36.8. The Kier molecular flexibility index (Phi) is 3.89. The zero-order chi connectivity index (χ0) is 14.4. The lowest BCUT2D eigenvalue weighted by Crippen LogP contribution is -2.69. The van der Waals surface area contributed by atoms with Crippen molar-refractivity contribution < 1.29 is 13.2 Å². The highest BCUT2D eigenvalue weighted by Crippen LogP contribution is 2.60. The van der Waals surface area contributed by atoms with Crippen molar-refractivity contribution in [3.05, 3.63) is 0 Å². The van der Waals surface area contributed by atoms with Crippen molar-refractivity contribution in [2.45, 2.75) is 64.1 Å². The molecule has 0 unspecified atom stereocenters. The van der Waals surface area contributed by atoms with E-state index in [-0.39, 0.29) is 17.5 Å². The van der Waals surface area contributed by atoms with Crippen LogP contribution in [0.15, 0.2) is 0 Å². The van der Waals surface area contributed by atoms with E-state index in [1.165, 1.54) is 25.7 Å². The minimum absolute atomic E-state index is 0.0453. The maximum Gasteiger partial charge on any atom is 0.151 e. The first kappa shape index (κ1) is 14.8. The highest BCUT2D eigenvalue weighted by molar-refractivity contribution is 7.91. The Morgan fingerprint density at radius 3 is 2.70 bits per heavy atom. The van der Waals surface area contributed by atoms with Gasteiger partial charge in [0.05, 0.1) is 11.9 Å². The molecule has 1 N–H and O–H groups in total. The van der Waals surface area contributed by atoms with Gasteiger partial charge in [-0.25, -0.2) is 8.42 Å². The number of fused-ring (bicyclic) bond motifs is 2. The summed E-state index contributed by atoms with van der Waals surface area (Å²) < 4.78 is 29.5. The molecule has 20 heavy (non-hydrogen) atoms. The second kappa shape index (κ2) is 5.25. The van der Waals surface area contributed by atoms with Crippen molar-refractivity contribution in [2.24, 2.45) is 11.3 Å². The van der Waals surface area contributed by atoms with Gasteiger partial charge in [-0.05, 0) is 26.2 Å². The van der Waals surface area contributed by atoms with Crippen LogP contribution in [0, 0.1) is 11.3 Å². The number of hydrogen-bond donors (Lipinski definition) is 1. The van der Waals surface area contributed by atoms with Crippen LogP contribution in [0.4, 0.5) is 0 Å². The first-order valence-electron chi connectivity index (χ1n) is 8.06. The van der Waals surface area contributed by atoms with Gasteiger partial charge in [-0.2, -0.15) is 0 Å². The Labute approximate surface area is 122 Å². The van der Waals surface area contributed by atoms with E-state index < -0.39 is 9.84 Å². The van der Waals surface area contributed by atoms with Gasteiger partial charge >= 0.3 is 0 Å². The molecular weight excluding hydrogens is 274 g/mol. The Morgan fingerprint density at radius 1 is 1.35 bits per heavy atom. The van der Waals surface area contributed by atoms with Crippen LogP contribution < -0.4 is 5.32 Å². The molecule has 2 saturated carbocycles. The summed E-state index contributed by atoms with van der Waals surface area (Å²) in [4.78, 5) is 0. The molecule has 2 aliphatic carbocycles. The van der Waals surface area contributed by atoms with Crippen molar-refractivity contribution in [2.75, 3.05) is 18.1 Å². The van der Waals surface area contributed by atoms with Gasteiger partial charge in [-0.3, -0.25) is 0 Å². The third-order valence-corrected chi connectivity index (χ3v) is 7.58. The molecule has 4 nitrogen and oxygen atoms in total. The highest BCUT2D eigenvalue weighted by atomic mass is 32.2. The average Bonchev–Trinajstić information content (AvgIpc) is 3.03. The lowest BCUT2D eigenvalue weighted by atomic mass is 9.54. The van der Waals surface area contributed by atoms with E-state index in [9.17, 15) is 8.42 Å². The van der Waals surface area contributed by atoms with Crippen molar-refractivity contribution in [3.8, 4) is 0 Å². The molecule has 4 atom stereocenters. The maximum absolute atomic E-state index is 11.8. The molecule has 3 fully saturated rings. The van der Waals surface area contributed by atoms with E-state index in [1.807, 2.05) is 6.92 Å². The Balaban J connectivity index is 1.67. The topological polar surface area (TPSA) is 55.4 Å². The van der Waals surface area contributed by atoms with Gasteiger partial charge in [0.1, 0.15) is 0 Å². The number of nitrogens with one attached hydrogen (secondary N) is 1. The zero-order valence-corrected chi connectivity index (χ0v) is 13.4. The van der Waals surface area contributed by atoms with Gasteiger partial charge in [0, 0.05) is 35.8 Å². The molecule has 3 aliphatic rings. The van der Waals surface area contributed by atoms with Crippen molar-refractivity contribution in [1.29, 1.82) is 0 Å². The average molecular weight is 301 g/mol. The number of hydrogen-bond acceptors (Lipinski definition) is 4. The first-order valence-corrected chi connectivity index (χ1v) is 9.89. The first-order chi connectivity index (χ1) is 9.48. The summed E-state index contributed by atoms with van der Waals surface area (Å²) in [7, 11) is -2.90. The standard InChI is InChI=1S/C15H27NO3S/c1-3-20(17,18)10-11(2)16-13-12-6-9-19-14(12)15(13)7-4-5-8-15/h11-14,16H,3-10H2,1-2H3/t11-,12+,13+,14+/m0/s1. The predicted octanol–water partition coefficient (Wildman–Crippen LogP) is 1.75. The third-order valence-electron chi connectivity index (χ3n) is 5.69. The molecule has 0 aromatic heterocycles. The van der Waals surface area contributed by atoms with E-state index >= 15 is 0 Å². The summed E-state index contributed by atoms with van der Waals surface area (Å²) in [6.07, 6.45) is 6.67. The summed E-state index contributed by atoms with van der Waals surface area (Å²) in [6, 6.07) is 0.517. The van der Waals surface area contributed by atoms with Crippen LogP contribution >= 0.6 is 0 Å². The maximum atomic E-state index is 11.8. The predicted molar refractivity (Wildman–Crippen MR) is 79.5 cm³/mol. The fourth-order valence-corrected chi connectivity index (χ4v) is 5.89. The number of ether oxygens (including phenoxy) is 1. The van der Waals surface area contributed by atoms with Crippen LogP contribution in [0.3, 0.4) is 0 Å². The lowest BCUT2D eigenvalue weighted by Gasteiger charge is -2.57. The minimum atomic E-state index is -2.90. The molecule has 1 saturated heterocycles. The Hall–Kier alpha value is -0.130. The fourth-order valence-electron chi connectivity index (χ4n) is 4.80. The quantitative estimate of drug-likeness (QED) is 0.840. The third kappa shape index (κ3) is 2.32. The van der Waals surface area contributed by atoms with Crippen molar-refractivity contribution in [3.63, 3.8) is 0 Å². The molecule has 0 amide bonds. The monoisotopic (exact) mass is 301 g/mol. The van der Waals surface area contributed by atoms with Gasteiger partial charge in [0.25, 0.3) is 0 Å². The molecule has 0 radical (unpaired) electrons. The fraction of sp³-hybridized carbons (Fsp3) is 1.00. The van der Waals surface area contributed by atoms with Crippen LogP contribution in [0.2, 0.25) is 0 Å². The summed E-state index contributed by atoms with van der Waals surface area (Å²) in [5.74, 6) is 1.11. The molecule has 1 aliphatic heterocycles. The largest absolute Gasteiger partial charge is 0.377 e. The SMILES string of the molecule is CCS(=O)(=O)C[C@H](C)N[C@@H]1[C@H]2CCO[C@H]2C12CCCC2. The van der Waals surface area contributed by atoms with Gasteiger partial charge < -0.3 is 10.1 Å². The van der Waals surface area contributed by atoms with E-state index in [0.29, 0.717) is 23.5 Å². The highest BCUT2D eigenvalue weighted by Gasteiger charge is 2.64. The molecule has 0 bridgehead atoms. The summed E-state index contributed by atoms with van der Waals surface area (Å²) in [5.41, 5.74) is 0.311. The van der Waals surface area contributed by atoms with E-state index in [4.69, 9.17) is 4.74 Å². The molecule has 3 rings (SSSR count). The molecule has 0 aromatic carbocycles. The molecule has 1 spiro atoms. The zero-order valence-electron chi connectivity index (χ0n) is 12.6. The Bertz CT molecular complexity index is 456. The van der Waals surface area contributed by atoms with Crippen molar-refractivity contribution >= 4 is 9.84 Å². The molecule has 1 heterocycles. The summed E-state index contributed by atoms with van der Waals surface area (Å²) >= 11 is 0. The van der Waals surface area contributed by atoms with Gasteiger partial charge in [-0.1, -0.05) is 19.8 Å². The van der Waals surface area contributed by atoms with Crippen LogP contribution in [0.1, 0.15) is 46.0 Å². The Morgan fingerprint density at radius 2 is 2.05 bits per heavy atom. The molecular formula is C15H27NO3S. The van der Waals surface area contributed by atoms with Crippen molar-refractivity contribution in [1.82, 2.24) is 5.32 Å². The number of sulfone groups is 1. The molecule has 0 aromatic rings. The van der Waals surface area contributed by atoms with Gasteiger partial charge in [0.15, 0.2) is 9.84 Å². The summed E-state index contributed by atoms with van der Waals surface area (Å²) in [5, 5.41) is 3.65. The molecule has 116 valence electrons. The summed E-state index contributed by atoms with van der Waals surface area (Å²) in [6.45, 7) is 4.63. The van der Waals surface area contributed by atoms with Crippen LogP contribution in [0.25, 0.3) is 0 Å². The number of rotatable bonds is 5. The van der Waals surface area contributed by atoms with Gasteiger partial charge in [-0.15, -0.1) is 0 Å². The van der Waals surface area contributed by atoms with E-state index in [2.05, 4.69) is 5.32 Å². The molecule has 5 heteroatoms. The van der Waals surface area contributed by atoms with Gasteiger partial charge in [0.2, 0.25) is 0 Å². The van der Waals surface area contributed by atoms with Crippen LogP contribution in [-0.4, -0.2) is 44.7 Å². The van der Waals surface area contributed by atoms with E-state index in [1.54, 1.807) is 6.92 Å². The van der Waals surface area contributed by atoms with E-state index in [0.717, 1.165) is 13.0 Å². The second-order valence-electron chi connectivity index (χ2n) is 6.93.